The number of benzene rings is 1. The molecule has 6 nitrogen and oxygen atoms in total. The Kier molecular flexibility index (Phi) is 5.25. The van der Waals surface area contributed by atoms with Gasteiger partial charge in [0.2, 0.25) is 5.95 Å². The molecule has 142 valence electrons. The van der Waals surface area contributed by atoms with Crippen LogP contribution in [-0.2, 0) is 6.42 Å². The molecule has 3 aromatic rings. The zero-order chi connectivity index (χ0) is 18.6. The third-order valence-electron chi connectivity index (χ3n) is 5.15. The summed E-state index contributed by atoms with van der Waals surface area (Å²) in [6.45, 7) is 6.73. The van der Waals surface area contributed by atoms with Gasteiger partial charge in [0.1, 0.15) is 11.9 Å². The van der Waals surface area contributed by atoms with Crippen LogP contribution in [0.1, 0.15) is 29.7 Å². The van der Waals surface area contributed by atoms with Crippen LogP contribution in [0.3, 0.4) is 0 Å². The van der Waals surface area contributed by atoms with Crippen LogP contribution in [0.15, 0.2) is 35.0 Å². The molecular weight excluding hydrogens is 340 g/mol. The SMILES string of the molecule is Cc1oc2c3c(ccc2c1C)CCC(CNCCCNc1ncccn1)O3. The van der Waals surface area contributed by atoms with Crippen molar-refractivity contribution in [1.29, 1.82) is 0 Å². The Hall–Kier alpha value is -2.60. The summed E-state index contributed by atoms with van der Waals surface area (Å²) in [6.07, 6.45) is 6.72. The molecule has 0 saturated heterocycles. The third-order valence-corrected chi connectivity index (χ3v) is 5.15. The second-order valence-corrected chi connectivity index (χ2v) is 7.05. The number of fused-ring (bicyclic) bond motifs is 3. The van der Waals surface area contributed by atoms with Crippen molar-refractivity contribution in [2.24, 2.45) is 0 Å². The molecule has 0 fully saturated rings. The normalized spacial score (nSPS) is 16.1. The van der Waals surface area contributed by atoms with Crippen molar-refractivity contribution in [2.75, 3.05) is 25.0 Å². The van der Waals surface area contributed by atoms with Crippen LogP contribution in [-0.4, -0.2) is 35.7 Å². The number of hydrogen-bond donors (Lipinski definition) is 2. The number of hydrogen-bond acceptors (Lipinski definition) is 6. The molecule has 2 aromatic heterocycles. The Morgan fingerprint density at radius 2 is 2.00 bits per heavy atom. The number of nitrogens with one attached hydrogen (secondary N) is 2. The molecule has 1 aromatic carbocycles. The Balaban J connectivity index is 1.27. The lowest BCUT2D eigenvalue weighted by Crippen LogP contribution is -2.35. The number of ether oxygens (including phenoxy) is 1. The highest BCUT2D eigenvalue weighted by Crippen LogP contribution is 2.38. The summed E-state index contributed by atoms with van der Waals surface area (Å²) in [5.74, 6) is 2.58. The van der Waals surface area contributed by atoms with Gasteiger partial charge in [0, 0.05) is 30.9 Å². The molecule has 4 rings (SSSR count). The van der Waals surface area contributed by atoms with Crippen molar-refractivity contribution in [3.8, 4) is 5.75 Å². The molecular formula is C21H26N4O2. The van der Waals surface area contributed by atoms with Crippen LogP contribution < -0.4 is 15.4 Å². The van der Waals surface area contributed by atoms with Gasteiger partial charge in [0.15, 0.2) is 11.3 Å². The Bertz CT molecular complexity index is 907. The summed E-state index contributed by atoms with van der Waals surface area (Å²) in [7, 11) is 0. The van der Waals surface area contributed by atoms with Gasteiger partial charge in [-0.2, -0.15) is 0 Å². The highest BCUT2D eigenvalue weighted by atomic mass is 16.5. The van der Waals surface area contributed by atoms with Crippen LogP contribution >= 0.6 is 0 Å². The average Bonchev–Trinajstić information content (AvgIpc) is 3.00. The molecule has 6 heteroatoms. The summed E-state index contributed by atoms with van der Waals surface area (Å²) in [6, 6.07) is 6.15. The first kappa shape index (κ1) is 17.8. The number of aryl methyl sites for hydroxylation is 3. The van der Waals surface area contributed by atoms with Crippen molar-refractivity contribution < 1.29 is 9.15 Å². The summed E-state index contributed by atoms with van der Waals surface area (Å²) < 4.78 is 12.3. The van der Waals surface area contributed by atoms with E-state index in [4.69, 9.17) is 9.15 Å². The van der Waals surface area contributed by atoms with Crippen molar-refractivity contribution >= 4 is 16.9 Å². The van der Waals surface area contributed by atoms with Gasteiger partial charge in [-0.15, -0.1) is 0 Å². The van der Waals surface area contributed by atoms with Crippen LogP contribution in [0.5, 0.6) is 5.75 Å². The van der Waals surface area contributed by atoms with E-state index < -0.39 is 0 Å². The van der Waals surface area contributed by atoms with Crippen LogP contribution in [0, 0.1) is 13.8 Å². The lowest BCUT2D eigenvalue weighted by Gasteiger charge is -2.26. The maximum Gasteiger partial charge on any atom is 0.222 e. The largest absolute Gasteiger partial charge is 0.485 e. The molecule has 0 radical (unpaired) electrons. The number of rotatable bonds is 7. The number of anilines is 1. The first-order valence-corrected chi connectivity index (χ1v) is 9.62. The topological polar surface area (TPSA) is 72.2 Å². The minimum atomic E-state index is 0.180. The minimum absolute atomic E-state index is 0.180. The van der Waals surface area contributed by atoms with Gasteiger partial charge in [-0.1, -0.05) is 12.1 Å². The van der Waals surface area contributed by atoms with Gasteiger partial charge in [0.25, 0.3) is 0 Å². The second-order valence-electron chi connectivity index (χ2n) is 7.05. The first-order chi connectivity index (χ1) is 13.2. The molecule has 0 saturated carbocycles. The molecule has 1 atom stereocenters. The maximum atomic E-state index is 6.30. The standard InChI is InChI=1S/C21H26N4O2/c1-14-15(2)26-20-18(14)8-6-16-5-7-17(27-19(16)20)13-22-9-3-10-23-21-24-11-4-12-25-21/h4,6,8,11-12,17,22H,3,5,7,9-10,13H2,1-2H3,(H,23,24,25). The van der Waals surface area contributed by atoms with Crippen LogP contribution in [0.25, 0.3) is 11.0 Å². The zero-order valence-electron chi connectivity index (χ0n) is 15.9. The summed E-state index contributed by atoms with van der Waals surface area (Å²) in [4.78, 5) is 8.31. The van der Waals surface area contributed by atoms with Crippen molar-refractivity contribution in [1.82, 2.24) is 15.3 Å². The van der Waals surface area contributed by atoms with Crippen LogP contribution in [0.2, 0.25) is 0 Å². The minimum Gasteiger partial charge on any atom is -0.485 e. The van der Waals surface area contributed by atoms with E-state index in [1.54, 1.807) is 12.4 Å². The predicted octanol–water partition coefficient (Wildman–Crippen LogP) is 3.63. The van der Waals surface area contributed by atoms with Crippen molar-refractivity contribution in [2.45, 2.75) is 39.2 Å². The fraction of sp³-hybridized carbons (Fsp3) is 0.429. The Labute approximate surface area is 159 Å². The Morgan fingerprint density at radius 3 is 2.85 bits per heavy atom. The van der Waals surface area contributed by atoms with Crippen molar-refractivity contribution in [3.63, 3.8) is 0 Å². The third kappa shape index (κ3) is 3.90. The van der Waals surface area contributed by atoms with E-state index in [1.807, 2.05) is 13.0 Å². The second kappa shape index (κ2) is 7.96. The van der Waals surface area contributed by atoms with E-state index in [9.17, 15) is 0 Å². The summed E-state index contributed by atoms with van der Waals surface area (Å²) >= 11 is 0. The molecule has 0 bridgehead atoms. The highest BCUT2D eigenvalue weighted by Gasteiger charge is 2.24. The van der Waals surface area contributed by atoms with Gasteiger partial charge < -0.3 is 19.8 Å². The molecule has 27 heavy (non-hydrogen) atoms. The number of furan rings is 1. The van der Waals surface area contributed by atoms with Gasteiger partial charge in [-0.3, -0.25) is 0 Å². The molecule has 0 spiro atoms. The molecule has 1 unspecified atom stereocenters. The van der Waals surface area contributed by atoms with Gasteiger partial charge in [-0.05, 0) is 56.8 Å². The van der Waals surface area contributed by atoms with Gasteiger partial charge in [0.05, 0.1) is 0 Å². The average molecular weight is 366 g/mol. The van der Waals surface area contributed by atoms with E-state index in [0.717, 1.165) is 61.4 Å². The number of aromatic nitrogens is 2. The quantitative estimate of drug-likeness (QED) is 0.622. The van der Waals surface area contributed by atoms with E-state index >= 15 is 0 Å². The summed E-state index contributed by atoms with van der Waals surface area (Å²) in [5.41, 5.74) is 3.35. The van der Waals surface area contributed by atoms with E-state index in [2.05, 4.69) is 39.7 Å². The van der Waals surface area contributed by atoms with E-state index in [0.29, 0.717) is 5.95 Å². The molecule has 2 N–H and O–H groups in total. The smallest absolute Gasteiger partial charge is 0.222 e. The molecule has 3 heterocycles. The van der Waals surface area contributed by atoms with E-state index in [-0.39, 0.29) is 6.10 Å². The lowest BCUT2D eigenvalue weighted by atomic mass is 10.00. The predicted molar refractivity (Wildman–Crippen MR) is 106 cm³/mol. The molecule has 1 aliphatic rings. The van der Waals surface area contributed by atoms with Gasteiger partial charge >= 0.3 is 0 Å². The lowest BCUT2D eigenvalue weighted by molar-refractivity contribution is 0.171. The molecule has 0 aliphatic carbocycles. The first-order valence-electron chi connectivity index (χ1n) is 9.62. The maximum absolute atomic E-state index is 6.30. The fourth-order valence-electron chi connectivity index (χ4n) is 3.50. The van der Waals surface area contributed by atoms with Crippen LogP contribution in [0.4, 0.5) is 5.95 Å². The fourth-order valence-corrected chi connectivity index (χ4v) is 3.50. The van der Waals surface area contributed by atoms with E-state index in [1.165, 1.54) is 11.1 Å². The highest BCUT2D eigenvalue weighted by molar-refractivity contribution is 5.88. The number of nitrogens with zero attached hydrogens (tertiary/aromatic N) is 2. The monoisotopic (exact) mass is 366 g/mol. The van der Waals surface area contributed by atoms with Gasteiger partial charge in [-0.25, -0.2) is 9.97 Å². The summed E-state index contributed by atoms with van der Waals surface area (Å²) in [5, 5.41) is 7.88. The zero-order valence-corrected chi connectivity index (χ0v) is 15.9. The van der Waals surface area contributed by atoms with Crippen molar-refractivity contribution in [3.05, 3.63) is 47.5 Å². The molecule has 1 aliphatic heterocycles. The Morgan fingerprint density at radius 1 is 1.15 bits per heavy atom. The molecule has 0 amide bonds.